The molecule has 3 aliphatic carbocycles. The molecule has 1 unspecified atom stereocenters. The Kier molecular flexibility index (Phi) is 2.57. The molecule has 2 fully saturated rings. The molecule has 0 aromatic heterocycles. The number of carbonyl (C=O) groups is 1. The Morgan fingerprint density at radius 3 is 2.75 bits per heavy atom. The van der Waals surface area contributed by atoms with Crippen LogP contribution in [0, 0.1) is 5.41 Å². The molecule has 1 aromatic carbocycles. The molecule has 0 heterocycles. The highest BCUT2D eigenvalue weighted by Gasteiger charge is 2.58. The lowest BCUT2D eigenvalue weighted by molar-refractivity contribution is 0.0696. The fraction of sp³-hybridized carbons (Fsp3) is 0.500. The van der Waals surface area contributed by atoms with Crippen molar-refractivity contribution in [2.24, 2.45) is 5.41 Å². The first-order valence-corrected chi connectivity index (χ1v) is 7.76. The molecule has 2 saturated carbocycles. The molecule has 3 aliphatic rings. The molecule has 0 radical (unpaired) electrons. The van der Waals surface area contributed by atoms with Gasteiger partial charge in [-0.05, 0) is 78.7 Å². The lowest BCUT2D eigenvalue weighted by Crippen LogP contribution is -2.15. The van der Waals surface area contributed by atoms with Gasteiger partial charge in [0.2, 0.25) is 0 Å². The minimum atomic E-state index is -0.786. The van der Waals surface area contributed by atoms with Crippen molar-refractivity contribution in [1.29, 1.82) is 0 Å². The number of rotatable bonds is 2. The molecule has 0 bridgehead atoms. The molecule has 0 saturated heterocycles. The average Bonchev–Trinajstić information content (AvgIpc) is 3.17. The lowest BCUT2D eigenvalue weighted by Gasteiger charge is -2.27. The summed E-state index contributed by atoms with van der Waals surface area (Å²) in [6.07, 6.45) is 13.0. The van der Waals surface area contributed by atoms with Crippen LogP contribution < -0.4 is 0 Å². The van der Waals surface area contributed by atoms with Gasteiger partial charge in [0.05, 0.1) is 5.56 Å². The van der Waals surface area contributed by atoms with E-state index in [2.05, 4.69) is 12.2 Å². The number of benzene rings is 1. The van der Waals surface area contributed by atoms with E-state index >= 15 is 0 Å². The zero-order chi connectivity index (χ0) is 13.7. The highest BCUT2D eigenvalue weighted by Crippen LogP contribution is 2.70. The van der Waals surface area contributed by atoms with Crippen LogP contribution in [0.1, 0.15) is 71.5 Å². The summed E-state index contributed by atoms with van der Waals surface area (Å²) < 4.78 is 0. The Morgan fingerprint density at radius 2 is 2.10 bits per heavy atom. The quantitative estimate of drug-likeness (QED) is 0.863. The van der Waals surface area contributed by atoms with E-state index in [1.807, 2.05) is 12.1 Å². The van der Waals surface area contributed by atoms with Crippen LogP contribution in [0.3, 0.4) is 0 Å². The van der Waals surface area contributed by atoms with E-state index in [4.69, 9.17) is 0 Å². The second kappa shape index (κ2) is 4.21. The summed E-state index contributed by atoms with van der Waals surface area (Å²) in [7, 11) is 0. The molecule has 1 N–H and O–H groups in total. The molecule has 1 spiro atoms. The van der Waals surface area contributed by atoms with Gasteiger partial charge in [-0.15, -0.1) is 0 Å². The Balaban J connectivity index is 1.82. The number of hydrogen-bond acceptors (Lipinski definition) is 1. The van der Waals surface area contributed by atoms with E-state index in [0.29, 0.717) is 16.9 Å². The Labute approximate surface area is 119 Å². The molecule has 0 aliphatic heterocycles. The maximum atomic E-state index is 11.4. The highest BCUT2D eigenvalue weighted by atomic mass is 16.4. The number of hydrogen-bond donors (Lipinski definition) is 1. The average molecular weight is 268 g/mol. The summed E-state index contributed by atoms with van der Waals surface area (Å²) in [6.45, 7) is 0. The van der Waals surface area contributed by atoms with Gasteiger partial charge in [0.25, 0.3) is 0 Å². The Hall–Kier alpha value is -1.57. The Morgan fingerprint density at radius 1 is 1.25 bits per heavy atom. The molecule has 1 atom stereocenters. The molecule has 104 valence electrons. The second-order valence-electron chi connectivity index (χ2n) is 6.71. The van der Waals surface area contributed by atoms with Crippen LogP contribution in [0.5, 0.6) is 0 Å². The van der Waals surface area contributed by atoms with E-state index in [1.54, 1.807) is 0 Å². The predicted octanol–water partition coefficient (Wildman–Crippen LogP) is 4.39. The van der Waals surface area contributed by atoms with Crippen molar-refractivity contribution in [3.8, 4) is 0 Å². The maximum Gasteiger partial charge on any atom is 0.335 e. The molecular weight excluding hydrogens is 248 g/mol. The summed E-state index contributed by atoms with van der Waals surface area (Å²) in [5.41, 5.74) is 4.93. The molecular formula is C18H20O2. The van der Waals surface area contributed by atoms with Crippen molar-refractivity contribution >= 4 is 12.0 Å². The van der Waals surface area contributed by atoms with Gasteiger partial charge in [0.1, 0.15) is 0 Å². The van der Waals surface area contributed by atoms with Gasteiger partial charge < -0.3 is 5.11 Å². The van der Waals surface area contributed by atoms with Gasteiger partial charge >= 0.3 is 5.97 Å². The van der Waals surface area contributed by atoms with Crippen molar-refractivity contribution in [3.05, 3.63) is 40.5 Å². The topological polar surface area (TPSA) is 37.3 Å². The van der Waals surface area contributed by atoms with Crippen molar-refractivity contribution in [2.45, 2.75) is 50.9 Å². The third-order valence-corrected chi connectivity index (χ3v) is 5.56. The summed E-state index contributed by atoms with van der Waals surface area (Å²) in [4.78, 5) is 11.4. The van der Waals surface area contributed by atoms with Gasteiger partial charge in [-0.3, -0.25) is 0 Å². The second-order valence-corrected chi connectivity index (χ2v) is 6.71. The van der Waals surface area contributed by atoms with Crippen LogP contribution in [0.25, 0.3) is 6.08 Å². The number of fused-ring (bicyclic) bond motifs is 1. The summed E-state index contributed by atoms with van der Waals surface area (Å²) in [5.74, 6) is -0.169. The van der Waals surface area contributed by atoms with Crippen LogP contribution >= 0.6 is 0 Å². The first kappa shape index (κ1) is 12.2. The lowest BCUT2D eigenvalue weighted by atomic mass is 9.77. The van der Waals surface area contributed by atoms with Gasteiger partial charge in [-0.25, -0.2) is 4.79 Å². The van der Waals surface area contributed by atoms with Crippen LogP contribution in [-0.4, -0.2) is 11.1 Å². The van der Waals surface area contributed by atoms with Gasteiger partial charge in [0, 0.05) is 0 Å². The number of aromatic carboxylic acids is 1. The van der Waals surface area contributed by atoms with Crippen molar-refractivity contribution in [2.75, 3.05) is 0 Å². The standard InChI is InChI=1S/C18H20O2/c19-17(20)13-9-12-5-2-1-3-6-14(12)15(10-13)16-11-18(16)7-4-8-18/h3,6,9-10,16H,1-2,4-5,7-8,11H2,(H,19,20). The fourth-order valence-corrected chi connectivity index (χ4v) is 4.14. The number of carboxylic acid groups (broad SMARTS) is 1. The monoisotopic (exact) mass is 268 g/mol. The van der Waals surface area contributed by atoms with Crippen molar-refractivity contribution in [1.82, 2.24) is 0 Å². The zero-order valence-corrected chi connectivity index (χ0v) is 11.7. The van der Waals surface area contributed by atoms with Gasteiger partial charge in [-0.2, -0.15) is 0 Å². The minimum absolute atomic E-state index is 0.482. The first-order valence-electron chi connectivity index (χ1n) is 7.76. The third kappa shape index (κ3) is 1.74. The van der Waals surface area contributed by atoms with Crippen LogP contribution in [0.4, 0.5) is 0 Å². The van der Waals surface area contributed by atoms with E-state index in [0.717, 1.165) is 19.3 Å². The van der Waals surface area contributed by atoms with Crippen LogP contribution in [-0.2, 0) is 6.42 Å². The maximum absolute atomic E-state index is 11.4. The summed E-state index contributed by atoms with van der Waals surface area (Å²) in [6, 6.07) is 3.85. The number of aryl methyl sites for hydroxylation is 1. The van der Waals surface area contributed by atoms with E-state index in [1.165, 1.54) is 42.4 Å². The van der Waals surface area contributed by atoms with Gasteiger partial charge in [0.15, 0.2) is 0 Å². The predicted molar refractivity (Wildman–Crippen MR) is 79.0 cm³/mol. The number of allylic oxidation sites excluding steroid dienone is 1. The Bertz CT molecular complexity index is 608. The summed E-state index contributed by atoms with van der Waals surface area (Å²) >= 11 is 0. The zero-order valence-electron chi connectivity index (χ0n) is 11.7. The first-order chi connectivity index (χ1) is 9.70. The largest absolute Gasteiger partial charge is 0.478 e. The van der Waals surface area contributed by atoms with Crippen molar-refractivity contribution in [3.63, 3.8) is 0 Å². The minimum Gasteiger partial charge on any atom is -0.478 e. The molecule has 1 aromatic rings. The molecule has 2 nitrogen and oxygen atoms in total. The van der Waals surface area contributed by atoms with Crippen LogP contribution in [0.2, 0.25) is 0 Å². The van der Waals surface area contributed by atoms with E-state index in [9.17, 15) is 9.90 Å². The summed E-state index contributed by atoms with van der Waals surface area (Å²) in [5, 5.41) is 9.37. The fourth-order valence-electron chi connectivity index (χ4n) is 4.14. The van der Waals surface area contributed by atoms with Gasteiger partial charge in [-0.1, -0.05) is 18.6 Å². The van der Waals surface area contributed by atoms with Crippen LogP contribution in [0.15, 0.2) is 18.2 Å². The molecule has 2 heteroatoms. The smallest absolute Gasteiger partial charge is 0.335 e. The number of carboxylic acids is 1. The van der Waals surface area contributed by atoms with E-state index < -0.39 is 5.97 Å². The van der Waals surface area contributed by atoms with E-state index in [-0.39, 0.29) is 0 Å². The molecule has 4 rings (SSSR count). The molecule has 20 heavy (non-hydrogen) atoms. The third-order valence-electron chi connectivity index (χ3n) is 5.56. The SMILES string of the molecule is O=C(O)c1cc2c(c(C3CC34CCC4)c1)C=CCCC2. The molecule has 0 amide bonds. The normalized spacial score (nSPS) is 25.7. The highest BCUT2D eigenvalue weighted by molar-refractivity contribution is 5.89. The van der Waals surface area contributed by atoms with Crippen molar-refractivity contribution < 1.29 is 9.90 Å².